The van der Waals surface area contributed by atoms with Crippen molar-refractivity contribution in [2.45, 2.75) is 39.2 Å². The summed E-state index contributed by atoms with van der Waals surface area (Å²) in [6.07, 6.45) is 3.33. The SMILES string of the molecule is Cc1cc(CCNC(=O)c2ccc(=O)[nH]n2)c(C)n1C1CC1. The molecule has 1 amide bonds. The lowest BCUT2D eigenvalue weighted by atomic mass is 10.2. The lowest BCUT2D eigenvalue weighted by Crippen LogP contribution is -2.27. The molecule has 2 aromatic rings. The molecule has 0 aromatic carbocycles. The summed E-state index contributed by atoms with van der Waals surface area (Å²) in [5.41, 5.74) is 3.78. The molecule has 0 saturated heterocycles. The Balaban J connectivity index is 1.59. The van der Waals surface area contributed by atoms with Crippen molar-refractivity contribution in [2.75, 3.05) is 6.54 Å². The van der Waals surface area contributed by atoms with E-state index in [1.54, 1.807) is 0 Å². The summed E-state index contributed by atoms with van der Waals surface area (Å²) in [6.45, 7) is 4.83. The van der Waals surface area contributed by atoms with Gasteiger partial charge in [0.1, 0.15) is 5.69 Å². The Hall–Kier alpha value is -2.37. The molecule has 2 aromatic heterocycles. The number of rotatable bonds is 5. The van der Waals surface area contributed by atoms with Gasteiger partial charge in [-0.3, -0.25) is 9.59 Å². The van der Waals surface area contributed by atoms with E-state index in [1.807, 2.05) is 0 Å². The number of H-pyrrole nitrogens is 1. The fraction of sp³-hybridized carbons (Fsp3) is 0.438. The van der Waals surface area contributed by atoms with E-state index in [0.29, 0.717) is 12.6 Å². The van der Waals surface area contributed by atoms with Gasteiger partial charge in [0.25, 0.3) is 11.5 Å². The topological polar surface area (TPSA) is 79.8 Å². The molecular weight excluding hydrogens is 280 g/mol. The van der Waals surface area contributed by atoms with Crippen molar-refractivity contribution in [1.29, 1.82) is 0 Å². The second-order valence-corrected chi connectivity index (χ2v) is 5.81. The summed E-state index contributed by atoms with van der Waals surface area (Å²) in [4.78, 5) is 22.8. The number of nitrogens with zero attached hydrogens (tertiary/aromatic N) is 2. The van der Waals surface area contributed by atoms with Crippen LogP contribution in [0, 0.1) is 13.8 Å². The predicted octanol–water partition coefficient (Wildman–Crippen LogP) is 1.50. The molecule has 1 fully saturated rings. The average molecular weight is 300 g/mol. The van der Waals surface area contributed by atoms with Crippen LogP contribution in [0.25, 0.3) is 0 Å². The molecule has 3 rings (SSSR count). The first-order chi connectivity index (χ1) is 10.6. The average Bonchev–Trinajstić information content (AvgIpc) is 3.27. The smallest absolute Gasteiger partial charge is 0.271 e. The molecular formula is C16H20N4O2. The molecule has 2 N–H and O–H groups in total. The first kappa shape index (κ1) is 14.6. The van der Waals surface area contributed by atoms with Gasteiger partial charge in [0.05, 0.1) is 0 Å². The zero-order valence-corrected chi connectivity index (χ0v) is 12.8. The van der Waals surface area contributed by atoms with Crippen LogP contribution in [0.5, 0.6) is 0 Å². The van der Waals surface area contributed by atoms with Crippen LogP contribution in [0.1, 0.15) is 46.3 Å². The largest absolute Gasteiger partial charge is 0.350 e. The first-order valence-electron chi connectivity index (χ1n) is 7.57. The molecule has 1 aliphatic carbocycles. The lowest BCUT2D eigenvalue weighted by Gasteiger charge is -2.08. The minimum atomic E-state index is -0.316. The number of hydrogen-bond donors (Lipinski definition) is 2. The second-order valence-electron chi connectivity index (χ2n) is 5.81. The van der Waals surface area contributed by atoms with Gasteiger partial charge in [-0.2, -0.15) is 5.10 Å². The van der Waals surface area contributed by atoms with E-state index >= 15 is 0 Å². The number of carbonyl (C=O) groups excluding carboxylic acids is 1. The molecule has 1 aliphatic rings. The van der Waals surface area contributed by atoms with Gasteiger partial charge in [-0.05, 0) is 50.8 Å². The maximum Gasteiger partial charge on any atom is 0.271 e. The van der Waals surface area contributed by atoms with Crippen LogP contribution < -0.4 is 10.9 Å². The standard InChI is InChI=1S/C16H20N4O2/c1-10-9-12(11(2)20(10)13-3-4-13)7-8-17-16(22)14-5-6-15(21)19-18-14/h5-6,9,13H,3-4,7-8H2,1-2H3,(H,17,22)(H,19,21). The Labute approximate surface area is 128 Å². The van der Waals surface area contributed by atoms with Crippen molar-refractivity contribution in [3.05, 3.63) is 51.2 Å². The minimum absolute atomic E-state index is 0.225. The van der Waals surface area contributed by atoms with E-state index < -0.39 is 0 Å². The van der Waals surface area contributed by atoms with Crippen LogP contribution in [0.3, 0.4) is 0 Å². The van der Waals surface area contributed by atoms with Gasteiger partial charge in [-0.25, -0.2) is 5.10 Å². The van der Waals surface area contributed by atoms with Gasteiger partial charge in [0.15, 0.2) is 0 Å². The molecule has 6 nitrogen and oxygen atoms in total. The summed E-state index contributed by atoms with van der Waals surface area (Å²) in [6, 6.07) is 5.60. The number of hydrogen-bond acceptors (Lipinski definition) is 3. The maximum atomic E-state index is 11.9. The van der Waals surface area contributed by atoms with E-state index in [9.17, 15) is 9.59 Å². The van der Waals surface area contributed by atoms with Gasteiger partial charge in [0.2, 0.25) is 0 Å². The van der Waals surface area contributed by atoms with Crippen LogP contribution in [0.4, 0.5) is 0 Å². The van der Waals surface area contributed by atoms with Crippen molar-refractivity contribution in [3.8, 4) is 0 Å². The molecule has 22 heavy (non-hydrogen) atoms. The van der Waals surface area contributed by atoms with Crippen molar-refractivity contribution in [2.24, 2.45) is 0 Å². The lowest BCUT2D eigenvalue weighted by molar-refractivity contribution is 0.0948. The Morgan fingerprint density at radius 2 is 2.18 bits per heavy atom. The third kappa shape index (κ3) is 2.95. The fourth-order valence-electron chi connectivity index (χ4n) is 2.87. The van der Waals surface area contributed by atoms with Gasteiger partial charge in [-0.15, -0.1) is 0 Å². The van der Waals surface area contributed by atoms with Crippen LogP contribution in [0.15, 0.2) is 23.0 Å². The molecule has 6 heteroatoms. The van der Waals surface area contributed by atoms with E-state index in [2.05, 4.69) is 40.0 Å². The Morgan fingerprint density at radius 3 is 2.82 bits per heavy atom. The first-order valence-corrected chi connectivity index (χ1v) is 7.57. The minimum Gasteiger partial charge on any atom is -0.350 e. The molecule has 0 atom stereocenters. The number of aromatic amines is 1. The molecule has 0 bridgehead atoms. The highest BCUT2D eigenvalue weighted by Gasteiger charge is 2.26. The molecule has 0 radical (unpaired) electrons. The molecule has 0 spiro atoms. The summed E-state index contributed by atoms with van der Waals surface area (Å²) >= 11 is 0. The van der Waals surface area contributed by atoms with Crippen molar-refractivity contribution in [3.63, 3.8) is 0 Å². The fourth-order valence-corrected chi connectivity index (χ4v) is 2.87. The third-order valence-electron chi connectivity index (χ3n) is 4.09. The number of nitrogens with one attached hydrogen (secondary N) is 2. The Bertz CT molecular complexity index is 735. The van der Waals surface area contributed by atoms with E-state index in [1.165, 1.54) is 41.9 Å². The maximum absolute atomic E-state index is 11.9. The summed E-state index contributed by atoms with van der Waals surface area (Å²) < 4.78 is 2.40. The molecule has 2 heterocycles. The Kier molecular flexibility index (Phi) is 3.83. The quantitative estimate of drug-likeness (QED) is 0.878. The van der Waals surface area contributed by atoms with Crippen LogP contribution in [-0.2, 0) is 6.42 Å². The normalized spacial score (nSPS) is 14.1. The zero-order chi connectivity index (χ0) is 15.7. The highest BCUT2D eigenvalue weighted by atomic mass is 16.2. The van der Waals surface area contributed by atoms with Crippen LogP contribution in [-0.4, -0.2) is 27.2 Å². The number of aryl methyl sites for hydroxylation is 1. The second kappa shape index (κ2) is 5.79. The summed E-state index contributed by atoms with van der Waals surface area (Å²) in [7, 11) is 0. The number of amides is 1. The van der Waals surface area contributed by atoms with Gasteiger partial charge in [-0.1, -0.05) is 0 Å². The third-order valence-corrected chi connectivity index (χ3v) is 4.09. The Morgan fingerprint density at radius 1 is 1.41 bits per heavy atom. The van der Waals surface area contributed by atoms with Crippen LogP contribution in [0.2, 0.25) is 0 Å². The number of aromatic nitrogens is 3. The summed E-state index contributed by atoms with van der Waals surface area (Å²) in [5.74, 6) is -0.271. The highest BCUT2D eigenvalue weighted by Crippen LogP contribution is 2.38. The van der Waals surface area contributed by atoms with Crippen molar-refractivity contribution in [1.82, 2.24) is 20.1 Å². The summed E-state index contributed by atoms with van der Waals surface area (Å²) in [5, 5.41) is 8.81. The van der Waals surface area contributed by atoms with Gasteiger partial charge >= 0.3 is 0 Å². The van der Waals surface area contributed by atoms with Crippen molar-refractivity contribution >= 4 is 5.91 Å². The van der Waals surface area contributed by atoms with E-state index in [0.717, 1.165) is 6.42 Å². The van der Waals surface area contributed by atoms with Crippen LogP contribution >= 0.6 is 0 Å². The van der Waals surface area contributed by atoms with E-state index in [-0.39, 0.29) is 17.2 Å². The van der Waals surface area contributed by atoms with E-state index in [4.69, 9.17) is 0 Å². The van der Waals surface area contributed by atoms with Crippen molar-refractivity contribution < 1.29 is 4.79 Å². The molecule has 116 valence electrons. The molecule has 1 saturated carbocycles. The van der Waals surface area contributed by atoms with Gasteiger partial charge < -0.3 is 9.88 Å². The highest BCUT2D eigenvalue weighted by molar-refractivity contribution is 5.91. The molecule has 0 aliphatic heterocycles. The predicted molar refractivity (Wildman–Crippen MR) is 83.1 cm³/mol. The number of carbonyl (C=O) groups is 1. The van der Waals surface area contributed by atoms with Gasteiger partial charge in [0, 0.05) is 30.0 Å². The monoisotopic (exact) mass is 300 g/mol. The zero-order valence-electron chi connectivity index (χ0n) is 12.8. The molecule has 0 unspecified atom stereocenters.